The molecule has 20 heavy (non-hydrogen) atoms. The van der Waals surface area contributed by atoms with Gasteiger partial charge in [-0.2, -0.15) is 0 Å². The van der Waals surface area contributed by atoms with Crippen molar-refractivity contribution in [2.75, 3.05) is 20.0 Å². The number of hydrogen-bond acceptors (Lipinski definition) is 5. The third-order valence-electron chi connectivity index (χ3n) is 2.80. The third-order valence-corrected chi connectivity index (χ3v) is 4.26. The molecule has 0 aliphatic carbocycles. The average molecular weight is 292 g/mol. The second-order valence-corrected chi connectivity index (χ2v) is 5.51. The van der Waals surface area contributed by atoms with E-state index in [1.54, 1.807) is 32.5 Å². The van der Waals surface area contributed by atoms with Gasteiger partial charge in [-0.1, -0.05) is 6.07 Å². The van der Waals surface area contributed by atoms with Gasteiger partial charge in [0.25, 0.3) is 0 Å². The van der Waals surface area contributed by atoms with Crippen LogP contribution in [-0.4, -0.2) is 23.4 Å². The zero-order valence-electron chi connectivity index (χ0n) is 11.3. The summed E-state index contributed by atoms with van der Waals surface area (Å²) in [6.45, 7) is 0. The molecule has 0 saturated carbocycles. The average Bonchev–Trinajstić information content (AvgIpc) is 2.47. The molecular weight excluding hydrogens is 276 g/mol. The molecule has 0 aliphatic heterocycles. The number of benzene rings is 1. The Bertz CT molecular complexity index is 632. The van der Waals surface area contributed by atoms with E-state index < -0.39 is 10.8 Å². The van der Waals surface area contributed by atoms with E-state index in [-0.39, 0.29) is 0 Å². The second kappa shape index (κ2) is 6.38. The van der Waals surface area contributed by atoms with Gasteiger partial charge in [0, 0.05) is 6.20 Å². The van der Waals surface area contributed by atoms with E-state index in [0.29, 0.717) is 27.8 Å². The summed E-state index contributed by atoms with van der Waals surface area (Å²) in [7, 11) is 1.92. The van der Waals surface area contributed by atoms with Gasteiger partial charge in [-0.15, -0.1) is 0 Å². The van der Waals surface area contributed by atoms with Crippen LogP contribution in [0, 0.1) is 0 Å². The molecule has 0 amide bonds. The van der Waals surface area contributed by atoms with E-state index in [1.165, 1.54) is 6.20 Å². The van der Waals surface area contributed by atoms with Gasteiger partial charge < -0.3 is 15.2 Å². The number of pyridine rings is 1. The largest absolute Gasteiger partial charge is 0.493 e. The molecular formula is C14H16N2O3S. The van der Waals surface area contributed by atoms with Crippen molar-refractivity contribution in [3.05, 3.63) is 42.2 Å². The number of hydrogen-bond donors (Lipinski definition) is 1. The molecule has 0 aliphatic rings. The van der Waals surface area contributed by atoms with Crippen molar-refractivity contribution >= 4 is 16.5 Å². The zero-order valence-corrected chi connectivity index (χ0v) is 12.1. The van der Waals surface area contributed by atoms with Gasteiger partial charge in [0.1, 0.15) is 0 Å². The fraction of sp³-hybridized carbons (Fsp3) is 0.214. The molecule has 2 aromatic rings. The third kappa shape index (κ3) is 3.08. The maximum absolute atomic E-state index is 12.3. The molecule has 0 radical (unpaired) electrons. The van der Waals surface area contributed by atoms with Gasteiger partial charge in [-0.05, 0) is 23.8 Å². The summed E-state index contributed by atoms with van der Waals surface area (Å²) in [4.78, 5) is 4.48. The Kier molecular flexibility index (Phi) is 4.57. The van der Waals surface area contributed by atoms with E-state index >= 15 is 0 Å². The number of methoxy groups -OCH3 is 2. The number of nitrogens with two attached hydrogens (primary N) is 1. The number of anilines is 1. The maximum atomic E-state index is 12.3. The minimum atomic E-state index is -1.23. The molecule has 106 valence electrons. The monoisotopic (exact) mass is 292 g/mol. The van der Waals surface area contributed by atoms with Gasteiger partial charge in [0.15, 0.2) is 11.5 Å². The van der Waals surface area contributed by atoms with Crippen LogP contribution in [0.15, 0.2) is 41.6 Å². The van der Waals surface area contributed by atoms with Crippen LogP contribution in [0.5, 0.6) is 11.5 Å². The number of rotatable bonds is 5. The summed E-state index contributed by atoms with van der Waals surface area (Å²) < 4.78 is 22.7. The molecule has 1 heterocycles. The predicted molar refractivity (Wildman–Crippen MR) is 78.3 cm³/mol. The zero-order chi connectivity index (χ0) is 14.5. The Morgan fingerprint density at radius 1 is 1.20 bits per heavy atom. The van der Waals surface area contributed by atoms with Crippen LogP contribution in [0.3, 0.4) is 0 Å². The summed E-state index contributed by atoms with van der Waals surface area (Å²) in [5, 5.41) is 0. The molecule has 5 nitrogen and oxygen atoms in total. The fourth-order valence-electron chi connectivity index (χ4n) is 1.80. The lowest BCUT2D eigenvalue weighted by Gasteiger charge is -2.10. The van der Waals surface area contributed by atoms with Crippen LogP contribution < -0.4 is 15.2 Å². The molecule has 1 unspecified atom stereocenters. The van der Waals surface area contributed by atoms with E-state index in [2.05, 4.69) is 4.98 Å². The Morgan fingerprint density at radius 2 is 1.95 bits per heavy atom. The summed E-state index contributed by atoms with van der Waals surface area (Å²) in [5.41, 5.74) is 7.10. The van der Waals surface area contributed by atoms with E-state index in [9.17, 15) is 4.21 Å². The Balaban J connectivity index is 2.22. The SMILES string of the molecule is COc1ccc(CS(=O)c2ccncc2N)cc1OC. The van der Waals surface area contributed by atoms with Crippen molar-refractivity contribution in [1.82, 2.24) is 4.98 Å². The van der Waals surface area contributed by atoms with Crippen molar-refractivity contribution in [3.8, 4) is 11.5 Å². The van der Waals surface area contributed by atoms with Crippen LogP contribution in [0.1, 0.15) is 5.56 Å². The van der Waals surface area contributed by atoms with E-state index in [1.807, 2.05) is 12.1 Å². The van der Waals surface area contributed by atoms with Crippen molar-refractivity contribution < 1.29 is 13.7 Å². The molecule has 2 rings (SSSR count). The first-order chi connectivity index (χ1) is 9.65. The molecule has 0 fully saturated rings. The van der Waals surface area contributed by atoms with Crippen molar-refractivity contribution in [3.63, 3.8) is 0 Å². The quantitative estimate of drug-likeness (QED) is 0.912. The lowest BCUT2D eigenvalue weighted by atomic mass is 10.2. The predicted octanol–water partition coefficient (Wildman–Crippen LogP) is 1.99. The number of ether oxygens (including phenoxy) is 2. The van der Waals surface area contributed by atoms with Gasteiger partial charge in [-0.25, -0.2) is 0 Å². The molecule has 0 spiro atoms. The van der Waals surface area contributed by atoms with Crippen LogP contribution in [0.25, 0.3) is 0 Å². The fourth-order valence-corrected chi connectivity index (χ4v) is 2.97. The second-order valence-electron chi connectivity index (χ2n) is 4.09. The Hall–Kier alpha value is -2.08. The van der Waals surface area contributed by atoms with E-state index in [0.717, 1.165) is 5.56 Å². The lowest BCUT2D eigenvalue weighted by Crippen LogP contribution is -2.02. The van der Waals surface area contributed by atoms with Gasteiger partial charge in [0.05, 0.1) is 47.6 Å². The summed E-state index contributed by atoms with van der Waals surface area (Å²) in [6, 6.07) is 7.14. The van der Waals surface area contributed by atoms with Crippen molar-refractivity contribution in [2.24, 2.45) is 0 Å². The maximum Gasteiger partial charge on any atom is 0.161 e. The molecule has 0 bridgehead atoms. The van der Waals surface area contributed by atoms with Crippen LogP contribution in [0.2, 0.25) is 0 Å². The molecule has 2 N–H and O–H groups in total. The van der Waals surface area contributed by atoms with Crippen molar-refractivity contribution in [1.29, 1.82) is 0 Å². The summed E-state index contributed by atoms with van der Waals surface area (Å²) in [5.74, 6) is 1.62. The Morgan fingerprint density at radius 3 is 2.60 bits per heavy atom. The van der Waals surface area contributed by atoms with Crippen LogP contribution >= 0.6 is 0 Å². The first-order valence-electron chi connectivity index (χ1n) is 5.94. The smallest absolute Gasteiger partial charge is 0.161 e. The van der Waals surface area contributed by atoms with Crippen LogP contribution in [-0.2, 0) is 16.6 Å². The minimum absolute atomic E-state index is 0.356. The van der Waals surface area contributed by atoms with E-state index in [4.69, 9.17) is 15.2 Å². The van der Waals surface area contributed by atoms with Crippen LogP contribution in [0.4, 0.5) is 5.69 Å². The van der Waals surface area contributed by atoms with Crippen molar-refractivity contribution in [2.45, 2.75) is 10.6 Å². The standard InChI is InChI=1S/C14H16N2O3S/c1-18-12-4-3-10(7-13(12)19-2)9-20(17)14-5-6-16-8-11(14)15/h3-8H,9,15H2,1-2H3. The summed E-state index contributed by atoms with van der Waals surface area (Å²) in [6.07, 6.45) is 3.08. The first-order valence-corrected chi connectivity index (χ1v) is 7.26. The molecule has 0 saturated heterocycles. The first kappa shape index (κ1) is 14.3. The van der Waals surface area contributed by atoms with Gasteiger partial charge in [-0.3, -0.25) is 9.19 Å². The lowest BCUT2D eigenvalue weighted by molar-refractivity contribution is 0.354. The number of nitrogen functional groups attached to an aromatic ring is 1. The minimum Gasteiger partial charge on any atom is -0.493 e. The number of nitrogens with zero attached hydrogens (tertiary/aromatic N) is 1. The molecule has 6 heteroatoms. The highest BCUT2D eigenvalue weighted by Crippen LogP contribution is 2.28. The van der Waals surface area contributed by atoms with Gasteiger partial charge in [0.2, 0.25) is 0 Å². The Labute approximate surface area is 120 Å². The highest BCUT2D eigenvalue weighted by molar-refractivity contribution is 7.84. The topological polar surface area (TPSA) is 74.4 Å². The normalized spacial score (nSPS) is 11.9. The van der Waals surface area contributed by atoms with Gasteiger partial charge >= 0.3 is 0 Å². The molecule has 1 aromatic heterocycles. The highest BCUT2D eigenvalue weighted by Gasteiger charge is 2.11. The molecule has 1 aromatic carbocycles. The highest BCUT2D eigenvalue weighted by atomic mass is 32.2. The summed E-state index contributed by atoms with van der Waals surface area (Å²) >= 11 is 0. The number of aromatic nitrogens is 1. The molecule has 1 atom stereocenters.